The molecule has 0 saturated carbocycles. The molecular formula is C14H17N5O. The van der Waals surface area contributed by atoms with Crippen LogP contribution in [0, 0.1) is 6.92 Å². The Morgan fingerprint density at radius 2 is 2.15 bits per heavy atom. The fourth-order valence-electron chi connectivity index (χ4n) is 2.25. The van der Waals surface area contributed by atoms with Gasteiger partial charge in [-0.1, -0.05) is 0 Å². The normalized spacial score (nSPS) is 12.2. The minimum absolute atomic E-state index is 0.391. The second-order valence-electron chi connectivity index (χ2n) is 5.61. The van der Waals surface area contributed by atoms with Crippen LogP contribution in [0.5, 0.6) is 0 Å². The molecular weight excluding hydrogens is 254 g/mol. The van der Waals surface area contributed by atoms with Gasteiger partial charge in [-0.2, -0.15) is 5.10 Å². The van der Waals surface area contributed by atoms with Gasteiger partial charge in [-0.25, -0.2) is 14.6 Å². The molecule has 6 nitrogen and oxygen atoms in total. The van der Waals surface area contributed by atoms with Gasteiger partial charge < -0.3 is 10.1 Å². The summed E-state index contributed by atoms with van der Waals surface area (Å²) < 4.78 is 1.71. The van der Waals surface area contributed by atoms with E-state index < -0.39 is 5.60 Å². The quantitative estimate of drug-likeness (QED) is 0.762. The highest BCUT2D eigenvalue weighted by Gasteiger charge is 2.17. The number of benzene rings is 1. The highest BCUT2D eigenvalue weighted by atomic mass is 16.3. The Labute approximate surface area is 116 Å². The van der Waals surface area contributed by atoms with Gasteiger partial charge in [-0.05, 0) is 39.0 Å². The number of aryl methyl sites for hydroxylation is 1. The van der Waals surface area contributed by atoms with Crippen molar-refractivity contribution in [2.24, 2.45) is 0 Å². The predicted molar refractivity (Wildman–Crippen MR) is 76.1 cm³/mol. The Morgan fingerprint density at radius 1 is 1.35 bits per heavy atom. The number of nitrogens with zero attached hydrogens (tertiary/aromatic N) is 4. The molecule has 0 aliphatic heterocycles. The van der Waals surface area contributed by atoms with Gasteiger partial charge >= 0.3 is 0 Å². The monoisotopic (exact) mass is 271 g/mol. The zero-order valence-electron chi connectivity index (χ0n) is 11.8. The largest absolute Gasteiger partial charge is 0.389 e. The number of aliphatic hydroxyl groups is 1. The summed E-state index contributed by atoms with van der Waals surface area (Å²) in [4.78, 5) is 11.9. The van der Waals surface area contributed by atoms with Crippen LogP contribution in [-0.2, 0) is 6.54 Å². The van der Waals surface area contributed by atoms with Crippen LogP contribution in [0.15, 0.2) is 24.5 Å². The molecule has 1 aromatic carbocycles. The van der Waals surface area contributed by atoms with E-state index in [4.69, 9.17) is 0 Å². The van der Waals surface area contributed by atoms with Crippen molar-refractivity contribution in [1.82, 2.24) is 24.7 Å². The first-order valence-corrected chi connectivity index (χ1v) is 6.49. The van der Waals surface area contributed by atoms with Gasteiger partial charge in [-0.15, -0.1) is 0 Å². The molecule has 20 heavy (non-hydrogen) atoms. The third-order valence-corrected chi connectivity index (χ3v) is 3.01. The Balaban J connectivity index is 2.04. The Kier molecular flexibility index (Phi) is 2.83. The fourth-order valence-corrected chi connectivity index (χ4v) is 2.25. The average molecular weight is 271 g/mol. The van der Waals surface area contributed by atoms with Gasteiger partial charge in [0.2, 0.25) is 0 Å². The molecule has 2 aromatic heterocycles. The number of aromatic nitrogens is 5. The number of hydrogen-bond acceptors (Lipinski definition) is 4. The molecule has 104 valence electrons. The molecule has 0 bridgehead atoms. The van der Waals surface area contributed by atoms with Crippen LogP contribution < -0.4 is 0 Å². The lowest BCUT2D eigenvalue weighted by molar-refractivity contribution is 0.0582. The average Bonchev–Trinajstić information content (AvgIpc) is 2.90. The van der Waals surface area contributed by atoms with E-state index in [2.05, 4.69) is 20.1 Å². The molecule has 0 radical (unpaired) electrons. The summed E-state index contributed by atoms with van der Waals surface area (Å²) in [5.41, 5.74) is 2.01. The maximum absolute atomic E-state index is 9.93. The first-order chi connectivity index (χ1) is 9.42. The predicted octanol–water partition coefficient (Wildman–Crippen LogP) is 1.90. The van der Waals surface area contributed by atoms with Crippen molar-refractivity contribution < 1.29 is 5.11 Å². The lowest BCUT2D eigenvalue weighted by Crippen LogP contribution is -2.27. The van der Waals surface area contributed by atoms with Crippen LogP contribution >= 0.6 is 0 Å². The number of fused-ring (bicyclic) bond motifs is 1. The van der Waals surface area contributed by atoms with Crippen molar-refractivity contribution in [3.63, 3.8) is 0 Å². The van der Waals surface area contributed by atoms with Crippen molar-refractivity contribution in [2.45, 2.75) is 32.9 Å². The van der Waals surface area contributed by atoms with E-state index in [1.807, 2.05) is 25.1 Å². The Morgan fingerprint density at radius 3 is 2.90 bits per heavy atom. The van der Waals surface area contributed by atoms with E-state index in [1.165, 1.54) is 6.33 Å². The zero-order valence-corrected chi connectivity index (χ0v) is 11.8. The summed E-state index contributed by atoms with van der Waals surface area (Å²) in [5, 5.41) is 14.1. The smallest absolute Gasteiger partial charge is 0.158 e. The van der Waals surface area contributed by atoms with E-state index in [1.54, 1.807) is 18.5 Å². The fraction of sp³-hybridized carbons (Fsp3) is 0.357. The molecule has 0 amide bonds. The van der Waals surface area contributed by atoms with E-state index in [0.29, 0.717) is 6.54 Å². The Hall–Kier alpha value is -2.21. The molecule has 0 aliphatic rings. The number of H-pyrrole nitrogens is 1. The highest BCUT2D eigenvalue weighted by molar-refractivity contribution is 5.80. The minimum atomic E-state index is -0.836. The standard InChI is InChI=1S/C14H17N5O/c1-9-17-11-5-4-10(6-12(11)18-9)13-15-8-16-19(13)7-14(2,3)20/h4-6,8,20H,7H2,1-3H3,(H,17,18). The molecule has 0 fully saturated rings. The molecule has 6 heteroatoms. The summed E-state index contributed by atoms with van der Waals surface area (Å²) in [6.07, 6.45) is 1.50. The molecule has 0 saturated heterocycles. The summed E-state index contributed by atoms with van der Waals surface area (Å²) in [5.74, 6) is 1.62. The Bertz CT molecular complexity index is 750. The molecule has 0 unspecified atom stereocenters. The molecule has 2 N–H and O–H groups in total. The minimum Gasteiger partial charge on any atom is -0.389 e. The summed E-state index contributed by atoms with van der Waals surface area (Å²) in [7, 11) is 0. The molecule has 3 aromatic rings. The molecule has 2 heterocycles. The van der Waals surface area contributed by atoms with E-state index in [9.17, 15) is 5.11 Å². The van der Waals surface area contributed by atoms with Crippen molar-refractivity contribution in [3.05, 3.63) is 30.4 Å². The third-order valence-electron chi connectivity index (χ3n) is 3.01. The van der Waals surface area contributed by atoms with Crippen molar-refractivity contribution in [1.29, 1.82) is 0 Å². The van der Waals surface area contributed by atoms with E-state index >= 15 is 0 Å². The first kappa shape index (κ1) is 12.8. The third kappa shape index (κ3) is 2.42. The van der Waals surface area contributed by atoms with Crippen molar-refractivity contribution >= 4 is 11.0 Å². The zero-order chi connectivity index (χ0) is 14.3. The van der Waals surface area contributed by atoms with Gasteiger partial charge in [0.1, 0.15) is 12.2 Å². The summed E-state index contributed by atoms with van der Waals surface area (Å²) in [6, 6.07) is 5.92. The van der Waals surface area contributed by atoms with E-state index in [0.717, 1.165) is 28.2 Å². The van der Waals surface area contributed by atoms with Crippen molar-refractivity contribution in [2.75, 3.05) is 0 Å². The van der Waals surface area contributed by atoms with Gasteiger partial charge in [-0.3, -0.25) is 0 Å². The number of nitrogens with one attached hydrogen (secondary N) is 1. The lowest BCUT2D eigenvalue weighted by Gasteiger charge is -2.17. The van der Waals surface area contributed by atoms with Crippen LogP contribution in [0.4, 0.5) is 0 Å². The summed E-state index contributed by atoms with van der Waals surface area (Å²) in [6.45, 7) is 5.82. The van der Waals surface area contributed by atoms with E-state index in [-0.39, 0.29) is 0 Å². The highest BCUT2D eigenvalue weighted by Crippen LogP contribution is 2.22. The SMILES string of the molecule is Cc1nc2ccc(-c3ncnn3CC(C)(C)O)cc2[nH]1. The molecule has 0 atom stereocenters. The van der Waals surface area contributed by atoms with Gasteiger partial charge in [0.15, 0.2) is 5.82 Å². The van der Waals surface area contributed by atoms with Crippen LogP contribution in [0.25, 0.3) is 22.4 Å². The van der Waals surface area contributed by atoms with Crippen molar-refractivity contribution in [3.8, 4) is 11.4 Å². The van der Waals surface area contributed by atoms with Crippen LogP contribution in [-0.4, -0.2) is 35.4 Å². The lowest BCUT2D eigenvalue weighted by atomic mass is 10.1. The molecule has 0 spiro atoms. The maximum Gasteiger partial charge on any atom is 0.158 e. The maximum atomic E-state index is 9.93. The second-order valence-corrected chi connectivity index (χ2v) is 5.61. The second kappa shape index (κ2) is 4.42. The van der Waals surface area contributed by atoms with Gasteiger partial charge in [0, 0.05) is 5.56 Å². The number of rotatable bonds is 3. The molecule has 0 aliphatic carbocycles. The van der Waals surface area contributed by atoms with Crippen LogP contribution in [0.2, 0.25) is 0 Å². The van der Waals surface area contributed by atoms with Gasteiger partial charge in [0.25, 0.3) is 0 Å². The van der Waals surface area contributed by atoms with Crippen LogP contribution in [0.1, 0.15) is 19.7 Å². The number of imidazole rings is 1. The topological polar surface area (TPSA) is 79.6 Å². The molecule has 3 rings (SSSR count). The first-order valence-electron chi connectivity index (χ1n) is 6.49. The number of aromatic amines is 1. The van der Waals surface area contributed by atoms with Gasteiger partial charge in [0.05, 0.1) is 23.2 Å². The number of hydrogen-bond donors (Lipinski definition) is 2. The summed E-state index contributed by atoms with van der Waals surface area (Å²) >= 11 is 0. The van der Waals surface area contributed by atoms with Crippen LogP contribution in [0.3, 0.4) is 0 Å².